The van der Waals surface area contributed by atoms with Gasteiger partial charge in [0.1, 0.15) is 18.6 Å². The predicted octanol–water partition coefficient (Wildman–Crippen LogP) is 2.34. The summed E-state index contributed by atoms with van der Waals surface area (Å²) in [4.78, 5) is 12.1. The normalized spacial score (nSPS) is 24.1. The van der Waals surface area contributed by atoms with Gasteiger partial charge in [-0.25, -0.2) is 0 Å². The standard InChI is InChI=1S/C15H14O4/c1-2-6-15(7-8-19-14(15)16)11-4-3-5-12-13(11)18-10-9-17-12/h2-5,7-8H,1,6,9-10H2. The molecule has 0 aliphatic carbocycles. The fourth-order valence-electron chi connectivity index (χ4n) is 2.50. The van der Waals surface area contributed by atoms with Crippen LogP contribution in [-0.2, 0) is 14.9 Å². The second-order valence-corrected chi connectivity index (χ2v) is 4.50. The summed E-state index contributed by atoms with van der Waals surface area (Å²) in [6.45, 7) is 4.73. The molecule has 0 N–H and O–H groups in total. The summed E-state index contributed by atoms with van der Waals surface area (Å²) in [7, 11) is 0. The van der Waals surface area contributed by atoms with Crippen molar-refractivity contribution in [2.24, 2.45) is 0 Å². The van der Waals surface area contributed by atoms with Crippen molar-refractivity contribution in [1.82, 2.24) is 0 Å². The molecule has 1 atom stereocenters. The van der Waals surface area contributed by atoms with Crippen LogP contribution >= 0.6 is 0 Å². The van der Waals surface area contributed by atoms with E-state index in [2.05, 4.69) is 6.58 Å². The number of cyclic esters (lactones) is 1. The molecule has 19 heavy (non-hydrogen) atoms. The average molecular weight is 258 g/mol. The van der Waals surface area contributed by atoms with Crippen molar-refractivity contribution in [2.75, 3.05) is 13.2 Å². The number of para-hydroxylation sites is 1. The second kappa shape index (κ2) is 4.46. The molecule has 1 unspecified atom stereocenters. The quantitative estimate of drug-likeness (QED) is 0.616. The Labute approximate surface area is 111 Å². The molecule has 98 valence electrons. The molecule has 0 fully saturated rings. The van der Waals surface area contributed by atoms with Crippen molar-refractivity contribution in [3.05, 3.63) is 48.8 Å². The maximum atomic E-state index is 12.1. The molecule has 3 rings (SSSR count). The van der Waals surface area contributed by atoms with Gasteiger partial charge in [-0.1, -0.05) is 18.2 Å². The Morgan fingerprint density at radius 3 is 2.89 bits per heavy atom. The molecular weight excluding hydrogens is 244 g/mol. The van der Waals surface area contributed by atoms with Crippen molar-refractivity contribution in [2.45, 2.75) is 11.8 Å². The lowest BCUT2D eigenvalue weighted by Crippen LogP contribution is -2.32. The highest BCUT2D eigenvalue weighted by molar-refractivity contribution is 5.90. The van der Waals surface area contributed by atoms with Crippen LogP contribution in [0.25, 0.3) is 0 Å². The Morgan fingerprint density at radius 1 is 1.32 bits per heavy atom. The van der Waals surface area contributed by atoms with Crippen LogP contribution in [0.4, 0.5) is 0 Å². The number of hydrogen-bond acceptors (Lipinski definition) is 4. The molecule has 0 saturated carbocycles. The third kappa shape index (κ3) is 1.71. The van der Waals surface area contributed by atoms with E-state index in [1.807, 2.05) is 18.2 Å². The zero-order valence-electron chi connectivity index (χ0n) is 10.4. The second-order valence-electron chi connectivity index (χ2n) is 4.50. The summed E-state index contributed by atoms with van der Waals surface area (Å²) in [5, 5.41) is 0. The minimum Gasteiger partial charge on any atom is -0.486 e. The van der Waals surface area contributed by atoms with Crippen LogP contribution in [0.15, 0.2) is 43.2 Å². The van der Waals surface area contributed by atoms with E-state index in [4.69, 9.17) is 14.2 Å². The highest BCUT2D eigenvalue weighted by Crippen LogP contribution is 2.45. The van der Waals surface area contributed by atoms with Crippen LogP contribution in [0.2, 0.25) is 0 Å². The lowest BCUT2D eigenvalue weighted by Gasteiger charge is -2.28. The van der Waals surface area contributed by atoms with Crippen LogP contribution in [0, 0.1) is 0 Å². The Kier molecular flexibility index (Phi) is 2.78. The smallest absolute Gasteiger partial charge is 0.325 e. The zero-order valence-corrected chi connectivity index (χ0v) is 10.4. The maximum absolute atomic E-state index is 12.1. The summed E-state index contributed by atoms with van der Waals surface area (Å²) in [5.74, 6) is 0.981. The summed E-state index contributed by atoms with van der Waals surface area (Å²) in [6.07, 6.45) is 5.35. The zero-order chi connectivity index (χ0) is 13.3. The molecule has 2 heterocycles. The van der Waals surface area contributed by atoms with Crippen molar-refractivity contribution < 1.29 is 19.0 Å². The van der Waals surface area contributed by atoms with Crippen molar-refractivity contribution in [1.29, 1.82) is 0 Å². The van der Waals surface area contributed by atoms with Crippen molar-refractivity contribution >= 4 is 5.97 Å². The lowest BCUT2D eigenvalue weighted by molar-refractivity contribution is -0.140. The molecule has 1 aromatic carbocycles. The fourth-order valence-corrected chi connectivity index (χ4v) is 2.50. The first kappa shape index (κ1) is 11.8. The Bertz CT molecular complexity index is 561. The minimum atomic E-state index is -0.853. The fraction of sp³-hybridized carbons (Fsp3) is 0.267. The first-order valence-electron chi connectivity index (χ1n) is 6.17. The number of hydrogen-bond donors (Lipinski definition) is 0. The van der Waals surface area contributed by atoms with Crippen LogP contribution in [0.3, 0.4) is 0 Å². The third-order valence-electron chi connectivity index (χ3n) is 3.41. The summed E-state index contributed by atoms with van der Waals surface area (Å²) >= 11 is 0. The highest BCUT2D eigenvalue weighted by Gasteiger charge is 2.44. The monoisotopic (exact) mass is 258 g/mol. The summed E-state index contributed by atoms with van der Waals surface area (Å²) < 4.78 is 16.2. The molecule has 0 bridgehead atoms. The Balaban J connectivity index is 2.16. The molecule has 4 nitrogen and oxygen atoms in total. The van der Waals surface area contributed by atoms with Gasteiger partial charge in [0.2, 0.25) is 0 Å². The van der Waals surface area contributed by atoms with E-state index in [1.54, 1.807) is 12.2 Å². The van der Waals surface area contributed by atoms with Crippen LogP contribution < -0.4 is 9.47 Å². The largest absolute Gasteiger partial charge is 0.486 e. The predicted molar refractivity (Wildman–Crippen MR) is 69.2 cm³/mol. The van der Waals surface area contributed by atoms with Gasteiger partial charge in [-0.2, -0.15) is 0 Å². The van der Waals surface area contributed by atoms with Crippen LogP contribution in [-0.4, -0.2) is 19.2 Å². The van der Waals surface area contributed by atoms with Gasteiger partial charge in [-0.05, 0) is 18.6 Å². The van der Waals surface area contributed by atoms with Gasteiger partial charge < -0.3 is 14.2 Å². The van der Waals surface area contributed by atoms with E-state index in [-0.39, 0.29) is 5.97 Å². The molecule has 4 heteroatoms. The lowest BCUT2D eigenvalue weighted by atomic mass is 9.77. The number of allylic oxidation sites excluding steroid dienone is 1. The van der Waals surface area contributed by atoms with Crippen LogP contribution in [0.1, 0.15) is 12.0 Å². The molecule has 0 spiro atoms. The van der Waals surface area contributed by atoms with E-state index in [1.165, 1.54) is 6.26 Å². The van der Waals surface area contributed by atoms with Gasteiger partial charge >= 0.3 is 5.97 Å². The van der Waals surface area contributed by atoms with E-state index in [9.17, 15) is 4.79 Å². The summed E-state index contributed by atoms with van der Waals surface area (Å²) in [5.41, 5.74) is -0.0864. The molecule has 0 radical (unpaired) electrons. The van der Waals surface area contributed by atoms with E-state index in [0.29, 0.717) is 31.1 Å². The molecule has 0 aromatic heterocycles. The first-order valence-corrected chi connectivity index (χ1v) is 6.17. The number of ether oxygens (including phenoxy) is 3. The van der Waals surface area contributed by atoms with Gasteiger partial charge in [-0.3, -0.25) is 4.79 Å². The molecule has 2 aliphatic heterocycles. The molecular formula is C15H14O4. The Hall–Kier alpha value is -2.23. The average Bonchev–Trinajstić information content (AvgIpc) is 2.81. The van der Waals surface area contributed by atoms with Crippen molar-refractivity contribution in [3.8, 4) is 11.5 Å². The third-order valence-corrected chi connectivity index (χ3v) is 3.41. The van der Waals surface area contributed by atoms with E-state index in [0.717, 1.165) is 5.56 Å². The maximum Gasteiger partial charge on any atom is 0.325 e. The van der Waals surface area contributed by atoms with Gasteiger partial charge in [-0.15, -0.1) is 6.58 Å². The van der Waals surface area contributed by atoms with Gasteiger partial charge in [0.25, 0.3) is 0 Å². The number of fused-ring (bicyclic) bond motifs is 1. The minimum absolute atomic E-state index is 0.310. The highest BCUT2D eigenvalue weighted by atomic mass is 16.6. The molecule has 0 amide bonds. The number of carbonyl (C=O) groups is 1. The number of benzene rings is 1. The molecule has 1 aromatic rings. The van der Waals surface area contributed by atoms with Crippen molar-refractivity contribution in [3.63, 3.8) is 0 Å². The SMILES string of the molecule is C=CCC1(c2cccc3c2OCCO3)C=COC1=O. The topological polar surface area (TPSA) is 44.8 Å². The van der Waals surface area contributed by atoms with Gasteiger partial charge in [0.15, 0.2) is 11.5 Å². The first-order chi connectivity index (χ1) is 9.28. The summed E-state index contributed by atoms with van der Waals surface area (Å²) in [6, 6.07) is 5.56. The van der Waals surface area contributed by atoms with E-state index >= 15 is 0 Å². The van der Waals surface area contributed by atoms with Crippen LogP contribution in [0.5, 0.6) is 11.5 Å². The van der Waals surface area contributed by atoms with E-state index < -0.39 is 5.41 Å². The number of esters is 1. The number of rotatable bonds is 3. The van der Waals surface area contributed by atoms with Gasteiger partial charge in [0.05, 0.1) is 6.26 Å². The van der Waals surface area contributed by atoms with Gasteiger partial charge in [0, 0.05) is 5.56 Å². The molecule has 2 aliphatic rings. The molecule has 0 saturated heterocycles. The Morgan fingerprint density at radius 2 is 2.16 bits per heavy atom. The number of carbonyl (C=O) groups excluding carboxylic acids is 1.